The molecule has 1 aliphatic heterocycles. The van der Waals surface area contributed by atoms with Crippen molar-refractivity contribution in [1.29, 1.82) is 0 Å². The highest BCUT2D eigenvalue weighted by molar-refractivity contribution is 6.71. The number of hydrogen-bond acceptors (Lipinski definition) is 12. The molecular weight excluding hydrogens is 905 g/mol. The fourth-order valence-corrected chi connectivity index (χ4v) is 25.3. The van der Waals surface area contributed by atoms with E-state index in [1.165, 1.54) is 0 Å². The third-order valence-corrected chi connectivity index (χ3v) is 31.0. The number of carbonyl (C=O) groups is 2. The molecule has 5 rings (SSSR count). The SMILES string of the molecule is CO[Si](OC1=C2C(C)[C@@H](O[Si](OC)(C(C)C)C(C)C)C[C@@](O[SiH](C)C)([C@@H](OC(=O)c3ccccc3)C3[C@]4(O)CO[C@@H]4C[C@H](O[Si](OC)(C(C)C)C(C)C)[C@@]3(C)C1=O)C2(C)C)(C(C)C)C(C)C. The molecule has 3 fully saturated rings. The van der Waals surface area contributed by atoms with Crippen molar-refractivity contribution in [3.05, 3.63) is 47.2 Å². The smallest absolute Gasteiger partial charge is 0.403 e. The number of allylic oxidation sites excluding steroid dienone is 1. The Bertz CT molecular complexity index is 1880. The molecule has 12 nitrogen and oxygen atoms in total. The van der Waals surface area contributed by atoms with Gasteiger partial charge in [-0.05, 0) is 59.9 Å². The van der Waals surface area contributed by atoms with Crippen LogP contribution in [-0.4, -0.2) is 115 Å². The molecule has 1 N–H and O–H groups in total. The molecule has 16 heteroatoms. The number of carbonyl (C=O) groups excluding carboxylic acids is 2. The van der Waals surface area contributed by atoms with Crippen LogP contribution in [0.3, 0.4) is 0 Å². The fourth-order valence-electron chi connectivity index (χ4n) is 13.2. The summed E-state index contributed by atoms with van der Waals surface area (Å²) in [5.41, 5.74) is -4.73. The van der Waals surface area contributed by atoms with E-state index in [1.54, 1.807) is 45.6 Å². The fraction of sp³-hybridized carbons (Fsp3) is 0.800. The summed E-state index contributed by atoms with van der Waals surface area (Å²) in [6.07, 6.45) is -2.94. The van der Waals surface area contributed by atoms with Crippen LogP contribution in [0.5, 0.6) is 0 Å². The Morgan fingerprint density at radius 2 is 1.26 bits per heavy atom. The molecule has 0 aromatic heterocycles. The minimum absolute atomic E-state index is 0.0162. The van der Waals surface area contributed by atoms with Crippen molar-refractivity contribution < 1.29 is 55.2 Å². The second-order valence-corrected chi connectivity index (χ2v) is 38.3. The molecule has 1 aromatic carbocycles. The Kier molecular flexibility index (Phi) is 16.7. The van der Waals surface area contributed by atoms with Gasteiger partial charge in [-0.1, -0.05) is 122 Å². The van der Waals surface area contributed by atoms with Gasteiger partial charge in [0.15, 0.2) is 9.04 Å². The average molecular weight is 994 g/mol. The molecule has 0 amide bonds. The van der Waals surface area contributed by atoms with E-state index in [1.807, 2.05) is 13.0 Å². The van der Waals surface area contributed by atoms with Crippen molar-refractivity contribution in [2.45, 2.75) is 206 Å². The highest BCUT2D eigenvalue weighted by atomic mass is 28.4. The van der Waals surface area contributed by atoms with Gasteiger partial charge in [-0.25, -0.2) is 4.79 Å². The standard InChI is InChI=1S/C50H88O12Si4/c1-30(2)64(54-17,31(3)4)59-38-28-50(62-63(20)21)45(58-46(52)37-25-23-22-24-26-37)43-48(16,39(27-40-49(43,53)29-57-40)60-65(55-18,32(5)6)33(7)8)44(51)42(41(36(38)13)47(50,14)15)61-66(56-19,34(9)10)35(11)12/h22-26,30-36,38-40,43,45,53,63H,27-29H2,1-21H3/t36?,38-,39-,40+,43?,45-,48+,49-,50+/m0/s1. The zero-order valence-electron chi connectivity index (χ0n) is 44.5. The van der Waals surface area contributed by atoms with E-state index in [4.69, 9.17) is 40.5 Å². The molecule has 66 heavy (non-hydrogen) atoms. The Morgan fingerprint density at radius 3 is 1.68 bits per heavy atom. The van der Waals surface area contributed by atoms with E-state index < -0.39 is 99.0 Å². The molecule has 1 heterocycles. The summed E-state index contributed by atoms with van der Waals surface area (Å²) < 4.78 is 63.9. The number of Topliss-reactive ketones (excluding diaryl/α,β-unsaturated/α-hetero) is 1. The first-order chi connectivity index (χ1) is 30.5. The summed E-state index contributed by atoms with van der Waals surface area (Å²) in [6, 6.07) is 8.93. The van der Waals surface area contributed by atoms with Crippen LogP contribution < -0.4 is 0 Å². The highest BCUT2D eigenvalue weighted by Crippen LogP contribution is 2.67. The van der Waals surface area contributed by atoms with Gasteiger partial charge in [0.25, 0.3) is 0 Å². The summed E-state index contributed by atoms with van der Waals surface area (Å²) in [5.74, 6) is -2.23. The monoisotopic (exact) mass is 993 g/mol. The van der Waals surface area contributed by atoms with Gasteiger partial charge in [-0.3, -0.25) is 4.79 Å². The number of rotatable bonds is 19. The molecule has 0 spiro atoms. The summed E-state index contributed by atoms with van der Waals surface area (Å²) in [4.78, 5) is 32.2. The third-order valence-electron chi connectivity index (χ3n) is 16.7. The number of benzene rings is 1. The van der Waals surface area contributed by atoms with Crippen LogP contribution in [0.1, 0.15) is 134 Å². The normalized spacial score (nSPS) is 31.7. The maximum atomic E-state index is 17.2. The van der Waals surface area contributed by atoms with Crippen molar-refractivity contribution in [3.63, 3.8) is 0 Å². The lowest BCUT2D eigenvalue weighted by atomic mass is 9.45. The van der Waals surface area contributed by atoms with Gasteiger partial charge in [0.05, 0.1) is 35.9 Å². The zero-order chi connectivity index (χ0) is 49.9. The molecule has 1 aromatic rings. The first-order valence-electron chi connectivity index (χ1n) is 24.8. The van der Waals surface area contributed by atoms with Crippen LogP contribution >= 0.6 is 0 Å². The lowest BCUT2D eigenvalue weighted by molar-refractivity contribution is -0.340. The molecule has 3 aliphatic carbocycles. The van der Waals surface area contributed by atoms with Crippen LogP contribution in [0, 0.1) is 22.7 Å². The molecule has 1 saturated heterocycles. The molecule has 2 bridgehead atoms. The summed E-state index contributed by atoms with van der Waals surface area (Å²) in [6.45, 7) is 37.9. The lowest BCUT2D eigenvalue weighted by Gasteiger charge is -2.69. The topological polar surface area (TPSA) is 137 Å². The van der Waals surface area contributed by atoms with Crippen LogP contribution in [0.15, 0.2) is 41.7 Å². The van der Waals surface area contributed by atoms with E-state index >= 15 is 9.59 Å². The van der Waals surface area contributed by atoms with Crippen LogP contribution in [0.25, 0.3) is 0 Å². The number of hydrogen-bond donors (Lipinski definition) is 1. The molecular formula is C50H88O12Si4. The molecule has 2 unspecified atom stereocenters. The van der Waals surface area contributed by atoms with E-state index in [2.05, 4.69) is 117 Å². The van der Waals surface area contributed by atoms with Crippen molar-refractivity contribution in [3.8, 4) is 0 Å². The Morgan fingerprint density at radius 1 is 0.773 bits per heavy atom. The van der Waals surface area contributed by atoms with Gasteiger partial charge in [-0.15, -0.1) is 0 Å². The number of ether oxygens (including phenoxy) is 2. The van der Waals surface area contributed by atoms with Gasteiger partial charge in [-0.2, -0.15) is 0 Å². The quantitative estimate of drug-likeness (QED) is 0.104. The predicted molar refractivity (Wildman–Crippen MR) is 269 cm³/mol. The molecule has 4 aliphatic rings. The maximum Gasteiger partial charge on any atom is 0.403 e. The lowest BCUT2D eigenvalue weighted by Crippen LogP contribution is -2.81. The summed E-state index contributed by atoms with van der Waals surface area (Å²) >= 11 is 0. The summed E-state index contributed by atoms with van der Waals surface area (Å²) in [5, 5.41) is 13.6. The third kappa shape index (κ3) is 8.61. The summed E-state index contributed by atoms with van der Waals surface area (Å²) in [7, 11) is -6.52. The molecule has 0 radical (unpaired) electrons. The maximum absolute atomic E-state index is 17.2. The average Bonchev–Trinajstić information content (AvgIpc) is 3.23. The molecule has 9 atom stereocenters. The number of ketones is 1. The van der Waals surface area contributed by atoms with E-state index in [0.717, 1.165) is 5.57 Å². The van der Waals surface area contributed by atoms with Gasteiger partial charge in [0, 0.05) is 62.5 Å². The Labute approximate surface area is 403 Å². The van der Waals surface area contributed by atoms with Crippen molar-refractivity contribution in [1.82, 2.24) is 0 Å². The largest absolute Gasteiger partial charge is 0.517 e. The van der Waals surface area contributed by atoms with Crippen molar-refractivity contribution in [2.75, 3.05) is 27.9 Å². The minimum Gasteiger partial charge on any atom is -0.517 e. The van der Waals surface area contributed by atoms with Gasteiger partial charge < -0.3 is 45.6 Å². The first-order valence-corrected chi connectivity index (χ1v) is 33.5. The molecule has 2 saturated carbocycles. The van der Waals surface area contributed by atoms with Gasteiger partial charge >= 0.3 is 31.7 Å². The van der Waals surface area contributed by atoms with Crippen molar-refractivity contribution >= 4 is 46.5 Å². The van der Waals surface area contributed by atoms with Crippen molar-refractivity contribution in [2.24, 2.45) is 22.7 Å². The van der Waals surface area contributed by atoms with Gasteiger partial charge in [0.2, 0.25) is 5.78 Å². The van der Waals surface area contributed by atoms with E-state index in [-0.39, 0.29) is 64.2 Å². The number of fused-ring (bicyclic) bond motifs is 5. The first kappa shape index (κ1) is 55.4. The number of esters is 1. The minimum atomic E-state index is -3.33. The van der Waals surface area contributed by atoms with E-state index in [9.17, 15) is 5.11 Å². The predicted octanol–water partition coefficient (Wildman–Crippen LogP) is 10.5. The Balaban J connectivity index is 2.06. The highest BCUT2D eigenvalue weighted by Gasteiger charge is 2.78. The van der Waals surface area contributed by atoms with Crippen LogP contribution in [-0.2, 0) is 45.3 Å². The zero-order valence-corrected chi connectivity index (χ0v) is 48.6. The second kappa shape index (κ2) is 19.9. The van der Waals surface area contributed by atoms with Gasteiger partial charge in [0.1, 0.15) is 23.1 Å². The van der Waals surface area contributed by atoms with E-state index in [0.29, 0.717) is 5.56 Å². The second-order valence-electron chi connectivity index (χ2n) is 22.8. The Hall–Kier alpha value is -1.55. The number of aliphatic hydroxyl groups is 1. The molecule has 376 valence electrons. The van der Waals surface area contributed by atoms with Crippen LogP contribution in [0.4, 0.5) is 0 Å². The van der Waals surface area contributed by atoms with Crippen LogP contribution in [0.2, 0.25) is 46.3 Å².